The lowest BCUT2D eigenvalue weighted by Crippen LogP contribution is -2.40. The van der Waals surface area contributed by atoms with Crippen molar-refractivity contribution in [1.82, 2.24) is 10.6 Å². The number of aliphatic imine (C=N–C) groups is 1. The maximum Gasteiger partial charge on any atom is 0.573 e. The van der Waals surface area contributed by atoms with Crippen molar-refractivity contribution in [2.75, 3.05) is 13.1 Å². The minimum Gasteiger partial charge on any atom is -0.406 e. The van der Waals surface area contributed by atoms with Crippen LogP contribution in [0.15, 0.2) is 29.3 Å². The highest BCUT2D eigenvalue weighted by Gasteiger charge is 2.30. The van der Waals surface area contributed by atoms with Gasteiger partial charge in [0.15, 0.2) is 5.96 Å². The Morgan fingerprint density at radius 1 is 1.25 bits per heavy atom. The van der Waals surface area contributed by atoms with Crippen LogP contribution in [-0.2, 0) is 6.54 Å². The van der Waals surface area contributed by atoms with Crippen LogP contribution in [0.5, 0.6) is 5.75 Å². The van der Waals surface area contributed by atoms with Crippen molar-refractivity contribution < 1.29 is 17.9 Å². The molecule has 0 aliphatic carbocycles. The number of guanidine groups is 1. The van der Waals surface area contributed by atoms with E-state index in [0.717, 1.165) is 31.0 Å². The lowest BCUT2D eigenvalue weighted by atomic mass is 10.2. The van der Waals surface area contributed by atoms with Crippen LogP contribution >= 0.6 is 24.0 Å². The number of nitrogens with one attached hydrogen (secondary N) is 2. The number of nitrogens with zero attached hydrogens (tertiary/aromatic N) is 1. The topological polar surface area (TPSA) is 45.6 Å². The molecule has 0 saturated heterocycles. The molecule has 112 valence electrons. The van der Waals surface area contributed by atoms with E-state index < -0.39 is 6.36 Å². The predicted molar refractivity (Wildman–Crippen MR) is 80.3 cm³/mol. The number of hydrogen-bond donors (Lipinski definition) is 2. The van der Waals surface area contributed by atoms with Gasteiger partial charge in [0.05, 0.1) is 0 Å². The molecule has 0 spiro atoms. The SMILES string of the molecule is FC(F)(F)Oc1ccc(CNC2=NCCCN2)cc1.I. The molecule has 0 saturated carbocycles. The van der Waals surface area contributed by atoms with Crippen molar-refractivity contribution in [2.45, 2.75) is 19.3 Å². The molecule has 0 amide bonds. The Labute approximate surface area is 131 Å². The van der Waals surface area contributed by atoms with Gasteiger partial charge in [-0.15, -0.1) is 37.1 Å². The van der Waals surface area contributed by atoms with Crippen molar-refractivity contribution in [3.8, 4) is 5.75 Å². The van der Waals surface area contributed by atoms with Crippen LogP contribution in [0.1, 0.15) is 12.0 Å². The Morgan fingerprint density at radius 2 is 1.95 bits per heavy atom. The van der Waals surface area contributed by atoms with E-state index in [1.165, 1.54) is 12.1 Å². The van der Waals surface area contributed by atoms with Crippen LogP contribution in [0.2, 0.25) is 0 Å². The molecule has 2 N–H and O–H groups in total. The van der Waals surface area contributed by atoms with Gasteiger partial charge < -0.3 is 15.4 Å². The fraction of sp³-hybridized carbons (Fsp3) is 0.417. The minimum absolute atomic E-state index is 0. The molecule has 1 aliphatic rings. The normalized spacial score (nSPS) is 14.7. The summed E-state index contributed by atoms with van der Waals surface area (Å²) in [6.07, 6.45) is -3.64. The molecule has 1 heterocycles. The summed E-state index contributed by atoms with van der Waals surface area (Å²) in [5, 5.41) is 6.18. The van der Waals surface area contributed by atoms with Gasteiger partial charge in [-0.1, -0.05) is 12.1 Å². The lowest BCUT2D eigenvalue weighted by Gasteiger charge is -2.16. The molecule has 0 aromatic heterocycles. The Hall–Kier alpha value is -1.19. The van der Waals surface area contributed by atoms with Crippen molar-refractivity contribution in [1.29, 1.82) is 0 Å². The van der Waals surface area contributed by atoms with Gasteiger partial charge in [-0.05, 0) is 24.1 Å². The summed E-state index contributed by atoms with van der Waals surface area (Å²) in [5.74, 6) is 0.506. The zero-order chi connectivity index (χ0) is 13.7. The maximum atomic E-state index is 12.0. The Morgan fingerprint density at radius 3 is 2.50 bits per heavy atom. The highest BCUT2D eigenvalue weighted by molar-refractivity contribution is 14.0. The molecule has 0 radical (unpaired) electrons. The van der Waals surface area contributed by atoms with E-state index in [1.54, 1.807) is 12.1 Å². The summed E-state index contributed by atoms with van der Waals surface area (Å²) in [5.41, 5.74) is 0.851. The third-order valence-electron chi connectivity index (χ3n) is 2.51. The highest BCUT2D eigenvalue weighted by atomic mass is 127. The van der Waals surface area contributed by atoms with Crippen molar-refractivity contribution in [2.24, 2.45) is 4.99 Å². The van der Waals surface area contributed by atoms with Gasteiger partial charge in [-0.2, -0.15) is 0 Å². The summed E-state index contributed by atoms with van der Waals surface area (Å²) in [6.45, 7) is 2.16. The molecule has 0 unspecified atom stereocenters. The fourth-order valence-corrected chi connectivity index (χ4v) is 1.65. The van der Waals surface area contributed by atoms with Crippen LogP contribution < -0.4 is 15.4 Å². The standard InChI is InChI=1S/C12H14F3N3O.HI/c13-12(14,15)19-10-4-2-9(3-5-10)8-18-11-16-6-1-7-17-11;/h2-5H,1,6-8H2,(H2,16,17,18);1H. The summed E-state index contributed by atoms with van der Waals surface area (Å²) >= 11 is 0. The van der Waals surface area contributed by atoms with E-state index in [0.29, 0.717) is 6.54 Å². The summed E-state index contributed by atoms with van der Waals surface area (Å²) < 4.78 is 39.7. The lowest BCUT2D eigenvalue weighted by molar-refractivity contribution is -0.274. The van der Waals surface area contributed by atoms with Crippen LogP contribution in [-0.4, -0.2) is 25.4 Å². The first kappa shape index (κ1) is 16.9. The number of ether oxygens (including phenoxy) is 1. The van der Waals surface area contributed by atoms with E-state index in [4.69, 9.17) is 0 Å². The largest absolute Gasteiger partial charge is 0.573 e. The average Bonchev–Trinajstić information content (AvgIpc) is 2.37. The molecule has 2 rings (SSSR count). The van der Waals surface area contributed by atoms with Crippen molar-refractivity contribution >= 4 is 29.9 Å². The Balaban J connectivity index is 0.00000200. The predicted octanol–water partition coefficient (Wildman–Crippen LogP) is 2.64. The molecule has 20 heavy (non-hydrogen) atoms. The second-order valence-corrected chi connectivity index (χ2v) is 4.06. The van der Waals surface area contributed by atoms with Gasteiger partial charge in [0.2, 0.25) is 0 Å². The highest BCUT2D eigenvalue weighted by Crippen LogP contribution is 2.22. The first-order valence-electron chi connectivity index (χ1n) is 5.90. The van der Waals surface area contributed by atoms with Crippen LogP contribution in [0.25, 0.3) is 0 Å². The molecule has 1 aliphatic heterocycles. The smallest absolute Gasteiger partial charge is 0.406 e. The third kappa shape index (κ3) is 5.85. The molecular weight excluding hydrogens is 386 g/mol. The molecule has 0 fully saturated rings. The maximum absolute atomic E-state index is 12.0. The summed E-state index contributed by atoms with van der Waals surface area (Å²) in [7, 11) is 0. The van der Waals surface area contributed by atoms with E-state index in [2.05, 4.69) is 20.4 Å². The van der Waals surface area contributed by atoms with Crippen LogP contribution in [0.3, 0.4) is 0 Å². The monoisotopic (exact) mass is 401 g/mol. The fourth-order valence-electron chi connectivity index (χ4n) is 1.65. The first-order valence-corrected chi connectivity index (χ1v) is 5.90. The second kappa shape index (κ2) is 7.55. The molecular formula is C12H15F3IN3O. The second-order valence-electron chi connectivity index (χ2n) is 4.06. The quantitative estimate of drug-likeness (QED) is 0.766. The molecule has 1 aromatic rings. The Bertz CT molecular complexity index is 448. The van der Waals surface area contributed by atoms with E-state index in [-0.39, 0.29) is 29.7 Å². The van der Waals surface area contributed by atoms with Gasteiger partial charge >= 0.3 is 6.36 Å². The zero-order valence-electron chi connectivity index (χ0n) is 10.5. The van der Waals surface area contributed by atoms with Crippen LogP contribution in [0, 0.1) is 0 Å². The number of benzene rings is 1. The summed E-state index contributed by atoms with van der Waals surface area (Å²) in [4.78, 5) is 4.23. The average molecular weight is 401 g/mol. The Kier molecular flexibility index (Phi) is 6.37. The number of hydrogen-bond acceptors (Lipinski definition) is 4. The minimum atomic E-state index is -4.65. The van der Waals surface area contributed by atoms with Gasteiger partial charge in [0.25, 0.3) is 0 Å². The van der Waals surface area contributed by atoms with Crippen molar-refractivity contribution in [3.63, 3.8) is 0 Å². The van der Waals surface area contributed by atoms with E-state index in [1.807, 2.05) is 0 Å². The molecule has 1 aromatic carbocycles. The molecule has 4 nitrogen and oxygen atoms in total. The molecule has 8 heteroatoms. The number of halogens is 4. The van der Waals surface area contributed by atoms with E-state index in [9.17, 15) is 13.2 Å². The van der Waals surface area contributed by atoms with Gasteiger partial charge in [0.1, 0.15) is 5.75 Å². The van der Waals surface area contributed by atoms with Gasteiger partial charge in [-0.3, -0.25) is 4.99 Å². The van der Waals surface area contributed by atoms with Crippen molar-refractivity contribution in [3.05, 3.63) is 29.8 Å². The number of rotatable bonds is 3. The van der Waals surface area contributed by atoms with Crippen LogP contribution in [0.4, 0.5) is 13.2 Å². The van der Waals surface area contributed by atoms with E-state index >= 15 is 0 Å². The van der Waals surface area contributed by atoms with Gasteiger partial charge in [0, 0.05) is 19.6 Å². The first-order chi connectivity index (χ1) is 9.03. The molecule has 0 bridgehead atoms. The third-order valence-corrected chi connectivity index (χ3v) is 2.51. The van der Waals surface area contributed by atoms with Gasteiger partial charge in [-0.25, -0.2) is 0 Å². The number of alkyl halides is 3. The summed E-state index contributed by atoms with van der Waals surface area (Å²) in [6, 6.07) is 5.75. The zero-order valence-corrected chi connectivity index (χ0v) is 12.9. The molecule has 0 atom stereocenters.